The molecular weight excluding hydrogens is 348 g/mol. The highest BCUT2D eigenvalue weighted by Gasteiger charge is 2.29. The zero-order valence-electron chi connectivity index (χ0n) is 15.0. The molecule has 0 unspecified atom stereocenters. The van der Waals surface area contributed by atoms with Crippen LogP contribution in [0.3, 0.4) is 0 Å². The zero-order valence-corrected chi connectivity index (χ0v) is 15.8. The Morgan fingerprint density at radius 3 is 2.81 bits per heavy atom. The molecule has 138 valence electrons. The molecule has 1 aromatic heterocycles. The average molecular weight is 372 g/mol. The average Bonchev–Trinajstić information content (AvgIpc) is 3.05. The van der Waals surface area contributed by atoms with Gasteiger partial charge in [0.05, 0.1) is 13.2 Å². The van der Waals surface area contributed by atoms with Gasteiger partial charge in [0.2, 0.25) is 0 Å². The first-order valence-electron chi connectivity index (χ1n) is 9.08. The number of rotatable bonds is 5. The topological polar surface area (TPSA) is 42.0 Å². The molecule has 2 aliphatic rings. The van der Waals surface area contributed by atoms with Crippen LogP contribution in [-0.2, 0) is 11.3 Å². The van der Waals surface area contributed by atoms with Gasteiger partial charge < -0.3 is 14.4 Å². The summed E-state index contributed by atoms with van der Waals surface area (Å²) < 4.78 is 11.4. The van der Waals surface area contributed by atoms with Crippen molar-refractivity contribution in [1.29, 1.82) is 0 Å². The summed E-state index contributed by atoms with van der Waals surface area (Å²) >= 11 is 1.82. The maximum atomic E-state index is 12.6. The highest BCUT2D eigenvalue weighted by atomic mass is 32.1. The van der Waals surface area contributed by atoms with E-state index in [1.165, 1.54) is 10.4 Å². The third-order valence-electron chi connectivity index (χ3n) is 4.94. The predicted octanol–water partition coefficient (Wildman–Crippen LogP) is 2.79. The summed E-state index contributed by atoms with van der Waals surface area (Å²) in [6.07, 6.45) is 0.198. The van der Waals surface area contributed by atoms with Crippen molar-refractivity contribution in [1.82, 2.24) is 9.80 Å². The lowest BCUT2D eigenvalue weighted by molar-refractivity contribution is 0.0149. The molecule has 4 rings (SSSR count). The second-order valence-corrected chi connectivity index (χ2v) is 7.89. The molecule has 1 aromatic carbocycles. The molecule has 0 N–H and O–H groups in total. The predicted molar refractivity (Wildman–Crippen MR) is 102 cm³/mol. The number of ether oxygens (including phenoxy) is 2. The number of aryl methyl sites for hydroxylation is 1. The van der Waals surface area contributed by atoms with Crippen molar-refractivity contribution in [2.24, 2.45) is 0 Å². The summed E-state index contributed by atoms with van der Waals surface area (Å²) in [5, 5.41) is 2.15. The van der Waals surface area contributed by atoms with E-state index in [2.05, 4.69) is 23.3 Å². The van der Waals surface area contributed by atoms with Crippen LogP contribution >= 0.6 is 11.3 Å². The van der Waals surface area contributed by atoms with Crippen LogP contribution in [0.2, 0.25) is 0 Å². The first-order chi connectivity index (χ1) is 12.7. The second-order valence-electron chi connectivity index (χ2n) is 6.89. The number of carbonyl (C=O) groups excluding carboxylic acids is 1. The summed E-state index contributed by atoms with van der Waals surface area (Å²) in [5.41, 5.74) is 2.06. The molecule has 2 aromatic rings. The van der Waals surface area contributed by atoms with Crippen molar-refractivity contribution in [3.05, 3.63) is 51.7 Å². The number of thiophene rings is 1. The van der Waals surface area contributed by atoms with Crippen molar-refractivity contribution in [3.8, 4) is 5.75 Å². The molecule has 2 saturated heterocycles. The molecule has 2 fully saturated rings. The SMILES string of the molecule is Cc1ccsc1CN1CC(Oc2cccc(C(=O)N3CCOCC3)c2)C1. The maximum absolute atomic E-state index is 12.6. The number of nitrogens with zero attached hydrogens (tertiary/aromatic N) is 2. The Morgan fingerprint density at radius 1 is 1.27 bits per heavy atom. The third kappa shape index (κ3) is 3.92. The Kier molecular flexibility index (Phi) is 5.24. The molecular formula is C20H24N2O3S. The molecule has 0 saturated carbocycles. The number of benzene rings is 1. The van der Waals surface area contributed by atoms with Crippen LogP contribution in [0.25, 0.3) is 0 Å². The van der Waals surface area contributed by atoms with Gasteiger partial charge in [0.15, 0.2) is 0 Å². The minimum absolute atomic E-state index is 0.0576. The standard InChI is InChI=1S/C20H24N2O3S/c1-15-5-10-26-19(15)14-21-12-18(13-21)25-17-4-2-3-16(11-17)20(23)22-6-8-24-9-7-22/h2-5,10-11,18H,6-9,12-14H2,1H3. The van der Waals surface area contributed by atoms with E-state index < -0.39 is 0 Å². The van der Waals surface area contributed by atoms with E-state index in [1.807, 2.05) is 40.5 Å². The third-order valence-corrected chi connectivity index (χ3v) is 5.95. The van der Waals surface area contributed by atoms with Crippen molar-refractivity contribution in [3.63, 3.8) is 0 Å². The summed E-state index contributed by atoms with van der Waals surface area (Å²) in [4.78, 5) is 18.3. The van der Waals surface area contributed by atoms with Gasteiger partial charge in [-0.3, -0.25) is 9.69 Å². The zero-order chi connectivity index (χ0) is 17.9. The monoisotopic (exact) mass is 372 g/mol. The molecule has 0 atom stereocenters. The van der Waals surface area contributed by atoms with Gasteiger partial charge in [-0.05, 0) is 42.1 Å². The van der Waals surface area contributed by atoms with Gasteiger partial charge >= 0.3 is 0 Å². The Morgan fingerprint density at radius 2 is 2.08 bits per heavy atom. The van der Waals surface area contributed by atoms with Crippen LogP contribution in [-0.4, -0.2) is 61.2 Å². The fourth-order valence-corrected chi connectivity index (χ4v) is 4.29. The van der Waals surface area contributed by atoms with E-state index in [1.54, 1.807) is 0 Å². The number of hydrogen-bond donors (Lipinski definition) is 0. The van der Waals surface area contributed by atoms with Gasteiger partial charge in [-0.1, -0.05) is 6.07 Å². The Labute approximate surface area is 158 Å². The van der Waals surface area contributed by atoms with Crippen LogP contribution in [0.15, 0.2) is 35.7 Å². The summed E-state index contributed by atoms with van der Waals surface area (Å²) in [5.74, 6) is 0.836. The summed E-state index contributed by atoms with van der Waals surface area (Å²) in [7, 11) is 0. The molecule has 6 heteroatoms. The smallest absolute Gasteiger partial charge is 0.254 e. The van der Waals surface area contributed by atoms with Crippen molar-refractivity contribution in [2.75, 3.05) is 39.4 Å². The van der Waals surface area contributed by atoms with E-state index >= 15 is 0 Å². The minimum Gasteiger partial charge on any atom is -0.488 e. The highest BCUT2D eigenvalue weighted by Crippen LogP contribution is 2.24. The van der Waals surface area contributed by atoms with Crippen LogP contribution in [0.5, 0.6) is 5.75 Å². The van der Waals surface area contributed by atoms with Crippen LogP contribution in [0, 0.1) is 6.92 Å². The molecule has 1 amide bonds. The van der Waals surface area contributed by atoms with E-state index in [4.69, 9.17) is 9.47 Å². The fourth-order valence-electron chi connectivity index (χ4n) is 3.34. The molecule has 3 heterocycles. The molecule has 0 radical (unpaired) electrons. The number of carbonyl (C=O) groups is 1. The van der Waals surface area contributed by atoms with E-state index in [9.17, 15) is 4.79 Å². The molecule has 0 spiro atoms. The second kappa shape index (κ2) is 7.78. The van der Waals surface area contributed by atoms with Crippen molar-refractivity contribution < 1.29 is 14.3 Å². The van der Waals surface area contributed by atoms with Crippen molar-refractivity contribution in [2.45, 2.75) is 19.6 Å². The number of likely N-dealkylation sites (tertiary alicyclic amines) is 1. The molecule has 5 nitrogen and oxygen atoms in total. The summed E-state index contributed by atoms with van der Waals surface area (Å²) in [6, 6.07) is 9.72. The lowest BCUT2D eigenvalue weighted by Gasteiger charge is -2.39. The van der Waals surface area contributed by atoms with Gasteiger partial charge in [-0.25, -0.2) is 0 Å². The number of hydrogen-bond acceptors (Lipinski definition) is 5. The summed E-state index contributed by atoms with van der Waals surface area (Å²) in [6.45, 7) is 7.56. The first kappa shape index (κ1) is 17.5. The highest BCUT2D eigenvalue weighted by molar-refractivity contribution is 7.10. The van der Waals surface area contributed by atoms with Gasteiger partial charge in [0.25, 0.3) is 5.91 Å². The quantitative estimate of drug-likeness (QED) is 0.809. The fraction of sp³-hybridized carbons (Fsp3) is 0.450. The minimum atomic E-state index is 0.0576. The lowest BCUT2D eigenvalue weighted by atomic mass is 10.1. The molecule has 0 bridgehead atoms. The van der Waals surface area contributed by atoms with Crippen LogP contribution in [0.4, 0.5) is 0 Å². The Hall–Kier alpha value is -1.89. The van der Waals surface area contributed by atoms with Gasteiger partial charge in [-0.15, -0.1) is 11.3 Å². The van der Waals surface area contributed by atoms with Crippen LogP contribution < -0.4 is 4.74 Å². The van der Waals surface area contributed by atoms with E-state index in [-0.39, 0.29) is 12.0 Å². The van der Waals surface area contributed by atoms with E-state index in [0.717, 1.165) is 25.4 Å². The van der Waals surface area contributed by atoms with Gasteiger partial charge in [0.1, 0.15) is 11.9 Å². The molecule has 0 aliphatic carbocycles. The first-order valence-corrected chi connectivity index (χ1v) is 9.96. The Balaban J connectivity index is 1.30. The lowest BCUT2D eigenvalue weighted by Crippen LogP contribution is -2.53. The Bertz CT molecular complexity index is 764. The molecule has 26 heavy (non-hydrogen) atoms. The maximum Gasteiger partial charge on any atom is 0.254 e. The normalized spacial score (nSPS) is 18.6. The largest absolute Gasteiger partial charge is 0.488 e. The molecule has 2 aliphatic heterocycles. The van der Waals surface area contributed by atoms with Gasteiger partial charge in [0, 0.05) is 43.2 Å². The number of morpholine rings is 1. The van der Waals surface area contributed by atoms with Crippen molar-refractivity contribution >= 4 is 17.2 Å². The van der Waals surface area contributed by atoms with Crippen LogP contribution in [0.1, 0.15) is 20.8 Å². The van der Waals surface area contributed by atoms with Gasteiger partial charge in [-0.2, -0.15) is 0 Å². The van der Waals surface area contributed by atoms with E-state index in [0.29, 0.717) is 31.9 Å². The number of amides is 1.